The molecule has 0 spiro atoms. The number of rotatable bonds is 16. The third kappa shape index (κ3) is 11.0. The fourth-order valence-electron chi connectivity index (χ4n) is 6.41. The highest BCUT2D eigenvalue weighted by Crippen LogP contribution is 2.41. The van der Waals surface area contributed by atoms with Gasteiger partial charge in [-0.2, -0.15) is 0 Å². The zero-order chi connectivity index (χ0) is 35.1. The van der Waals surface area contributed by atoms with Crippen molar-refractivity contribution in [1.29, 1.82) is 0 Å². The second-order valence-corrected chi connectivity index (χ2v) is 12.9. The predicted molar refractivity (Wildman–Crippen MR) is 200 cm³/mol. The van der Waals surface area contributed by atoms with E-state index in [-0.39, 0.29) is 0 Å². The van der Waals surface area contributed by atoms with Crippen LogP contribution in [0.1, 0.15) is 119 Å². The lowest BCUT2D eigenvalue weighted by molar-refractivity contribution is 0.0686. The van der Waals surface area contributed by atoms with E-state index in [0.29, 0.717) is 34.8 Å². The van der Waals surface area contributed by atoms with Gasteiger partial charge in [0.25, 0.3) is 0 Å². The topological polar surface area (TPSA) is 74.6 Å². The molecule has 2 N–H and O–H groups in total. The van der Waals surface area contributed by atoms with Gasteiger partial charge < -0.3 is 10.2 Å². The van der Waals surface area contributed by atoms with Gasteiger partial charge in [-0.25, -0.2) is 9.59 Å². The second-order valence-electron chi connectivity index (χ2n) is 12.0. The summed E-state index contributed by atoms with van der Waals surface area (Å²) in [5, 5.41) is 19.6. The Morgan fingerprint density at radius 2 is 0.812 bits per heavy atom. The maximum absolute atomic E-state index is 11.1. The molecule has 48 heavy (non-hydrogen) atoms. The highest BCUT2D eigenvalue weighted by atomic mass is 35.5. The molecule has 0 aromatic heterocycles. The van der Waals surface area contributed by atoms with Crippen LogP contribution in [-0.2, 0) is 0 Å². The zero-order valence-corrected chi connectivity index (χ0v) is 29.3. The van der Waals surface area contributed by atoms with Gasteiger partial charge in [0, 0.05) is 10.0 Å². The van der Waals surface area contributed by atoms with Crippen molar-refractivity contribution in [3.05, 3.63) is 166 Å². The van der Waals surface area contributed by atoms with Gasteiger partial charge in [0.05, 0.1) is 11.1 Å². The Balaban J connectivity index is 0.000000260. The first-order valence-electron chi connectivity index (χ1n) is 16.5. The predicted octanol–water partition coefficient (Wildman–Crippen LogP) is 12.6. The van der Waals surface area contributed by atoms with E-state index in [1.54, 1.807) is 24.3 Å². The molecule has 0 aliphatic rings. The van der Waals surface area contributed by atoms with Gasteiger partial charge in [-0.3, -0.25) is 0 Å². The number of hydrogen-bond donors (Lipinski definition) is 2. The number of carboxylic acid groups (broad SMARTS) is 2. The van der Waals surface area contributed by atoms with E-state index in [1.807, 2.05) is 60.7 Å². The van der Waals surface area contributed by atoms with Crippen LogP contribution in [0.15, 0.2) is 122 Å². The summed E-state index contributed by atoms with van der Waals surface area (Å²) in [5.74, 6) is -0.553. The highest BCUT2D eigenvalue weighted by Gasteiger charge is 2.25. The Hall–Kier alpha value is -4.12. The van der Waals surface area contributed by atoms with Gasteiger partial charge in [-0.15, -0.1) is 13.2 Å². The Labute approximate surface area is 295 Å². The molecule has 0 amide bonds. The van der Waals surface area contributed by atoms with Crippen molar-refractivity contribution >= 4 is 35.1 Å². The van der Waals surface area contributed by atoms with Crippen molar-refractivity contribution in [3.63, 3.8) is 0 Å². The highest BCUT2D eigenvalue weighted by molar-refractivity contribution is 6.30. The molecule has 0 saturated carbocycles. The summed E-state index contributed by atoms with van der Waals surface area (Å²) in [6, 6.07) is 30.5. The first kappa shape index (κ1) is 38.3. The summed E-state index contributed by atoms with van der Waals surface area (Å²) in [6.07, 6.45) is 9.83. The molecule has 0 heterocycles. The average Bonchev–Trinajstić information content (AvgIpc) is 3.09. The molecule has 0 aliphatic heterocycles. The molecule has 0 radical (unpaired) electrons. The number of carbonyl (C=O) groups is 2. The van der Waals surface area contributed by atoms with Crippen molar-refractivity contribution in [2.45, 2.75) is 76.0 Å². The van der Waals surface area contributed by atoms with Gasteiger partial charge in [0.2, 0.25) is 0 Å². The number of hydrogen-bond acceptors (Lipinski definition) is 2. The smallest absolute Gasteiger partial charge is 0.335 e. The van der Waals surface area contributed by atoms with Crippen molar-refractivity contribution < 1.29 is 19.8 Å². The third-order valence-corrected chi connectivity index (χ3v) is 9.28. The molecule has 0 unspecified atom stereocenters. The summed E-state index contributed by atoms with van der Waals surface area (Å²) in [4.78, 5) is 22.1. The number of halogens is 2. The van der Waals surface area contributed by atoms with Crippen LogP contribution in [0.25, 0.3) is 0 Å². The Kier molecular flexibility index (Phi) is 15.7. The fourth-order valence-corrected chi connectivity index (χ4v) is 6.66. The zero-order valence-electron chi connectivity index (χ0n) is 27.8. The number of benzene rings is 4. The lowest BCUT2D eigenvalue weighted by Crippen LogP contribution is -2.12. The largest absolute Gasteiger partial charge is 0.478 e. The number of carboxylic acids is 2. The van der Waals surface area contributed by atoms with Crippen LogP contribution < -0.4 is 0 Å². The molecule has 0 aliphatic carbocycles. The summed E-state index contributed by atoms with van der Waals surface area (Å²) in [7, 11) is 0. The average molecular weight is 686 g/mol. The molecule has 4 atom stereocenters. The van der Waals surface area contributed by atoms with Crippen LogP contribution in [0.4, 0.5) is 0 Å². The quantitative estimate of drug-likeness (QED) is 0.115. The minimum absolute atomic E-state index is 0.301. The normalized spacial score (nSPS) is 13.2. The minimum Gasteiger partial charge on any atom is -0.478 e. The first-order valence-corrected chi connectivity index (χ1v) is 17.3. The van der Waals surface area contributed by atoms with Crippen LogP contribution in [-0.4, -0.2) is 22.2 Å². The third-order valence-electron chi connectivity index (χ3n) is 8.78. The van der Waals surface area contributed by atoms with E-state index in [1.165, 1.54) is 22.3 Å². The van der Waals surface area contributed by atoms with Gasteiger partial charge >= 0.3 is 11.9 Å². The summed E-state index contributed by atoms with van der Waals surface area (Å²) >= 11 is 12.0. The Morgan fingerprint density at radius 1 is 0.542 bits per heavy atom. The van der Waals surface area contributed by atoms with E-state index in [9.17, 15) is 9.59 Å². The molecule has 0 fully saturated rings. The van der Waals surface area contributed by atoms with E-state index >= 15 is 0 Å². The van der Waals surface area contributed by atoms with E-state index in [2.05, 4.69) is 51.3 Å². The molecule has 4 aromatic rings. The monoisotopic (exact) mass is 684 g/mol. The molecule has 252 valence electrons. The van der Waals surface area contributed by atoms with Crippen LogP contribution >= 0.6 is 23.2 Å². The maximum atomic E-state index is 11.1. The molecule has 0 bridgehead atoms. The standard InChI is InChI=1S/2C21H23ClO2/c2*1-3-5-19(15-7-9-17(10-8-15)21(23)24)20(6-4-2)16-11-13-18(22)14-12-16/h2*4,7-14,19-20H,2-3,5-6H2,1H3,(H,23,24)/t19-,20+;19-,20-/m11/s1. The number of aromatic carboxylic acids is 2. The lowest BCUT2D eigenvalue weighted by Gasteiger charge is -2.27. The fraction of sp³-hybridized carbons (Fsp3) is 0.286. The first-order chi connectivity index (χ1) is 23.1. The molecular weight excluding hydrogens is 639 g/mol. The van der Waals surface area contributed by atoms with Gasteiger partial charge in [-0.1, -0.05) is 111 Å². The molecule has 4 aromatic carbocycles. The van der Waals surface area contributed by atoms with Gasteiger partial charge in [-0.05, 0) is 120 Å². The van der Waals surface area contributed by atoms with Crippen molar-refractivity contribution in [3.8, 4) is 0 Å². The van der Waals surface area contributed by atoms with Gasteiger partial charge in [0.15, 0.2) is 0 Å². The molecule has 6 heteroatoms. The van der Waals surface area contributed by atoms with Crippen LogP contribution in [0.2, 0.25) is 10.0 Å². The molecule has 4 nitrogen and oxygen atoms in total. The Morgan fingerprint density at radius 3 is 1.06 bits per heavy atom. The van der Waals surface area contributed by atoms with Gasteiger partial charge in [0.1, 0.15) is 0 Å². The maximum Gasteiger partial charge on any atom is 0.335 e. The summed E-state index contributed by atoms with van der Waals surface area (Å²) in [6.45, 7) is 12.2. The van der Waals surface area contributed by atoms with Crippen molar-refractivity contribution in [2.24, 2.45) is 0 Å². The van der Waals surface area contributed by atoms with E-state index in [0.717, 1.165) is 48.6 Å². The van der Waals surface area contributed by atoms with Crippen molar-refractivity contribution in [2.75, 3.05) is 0 Å². The molecule has 4 rings (SSSR count). The van der Waals surface area contributed by atoms with Crippen LogP contribution in [0, 0.1) is 0 Å². The number of allylic oxidation sites excluding steroid dienone is 2. The summed E-state index contributed by atoms with van der Waals surface area (Å²) in [5.41, 5.74) is 5.45. The lowest BCUT2D eigenvalue weighted by atomic mass is 9.77. The Bertz CT molecular complexity index is 1470. The SMILES string of the molecule is C=CC[C@@H](c1ccc(Cl)cc1)[C@H](CCC)c1ccc(C(=O)O)cc1.C=CC[C@H](c1ccc(Cl)cc1)[C@H](CCC)c1ccc(C(=O)O)cc1. The minimum atomic E-state index is -0.895. The molecule has 0 saturated heterocycles. The molecular formula is C42H46Cl2O4. The van der Waals surface area contributed by atoms with Crippen LogP contribution in [0.5, 0.6) is 0 Å². The van der Waals surface area contributed by atoms with Crippen molar-refractivity contribution in [1.82, 2.24) is 0 Å². The summed E-state index contributed by atoms with van der Waals surface area (Å²) < 4.78 is 0. The second kappa shape index (κ2) is 19.6. The van der Waals surface area contributed by atoms with E-state index in [4.69, 9.17) is 33.4 Å². The van der Waals surface area contributed by atoms with E-state index < -0.39 is 11.9 Å². The van der Waals surface area contributed by atoms with Crippen LogP contribution in [0.3, 0.4) is 0 Å².